The van der Waals surface area contributed by atoms with Crippen molar-refractivity contribution in [2.45, 2.75) is 24.0 Å². The second-order valence-electron chi connectivity index (χ2n) is 6.28. The Morgan fingerprint density at radius 1 is 1.48 bits per heavy atom. The molecule has 0 spiro atoms. The highest BCUT2D eigenvalue weighted by molar-refractivity contribution is 7.91. The second-order valence-corrected chi connectivity index (χ2v) is 9.36. The SMILES string of the molecule is Cc1csc(S(=O)(=O)N2CCCC(CO)(CN(C)C)C2)c1. The molecule has 5 nitrogen and oxygen atoms in total. The molecule has 1 aromatic rings. The molecule has 1 atom stereocenters. The minimum Gasteiger partial charge on any atom is -0.396 e. The fraction of sp³-hybridized carbons (Fsp3) is 0.714. The van der Waals surface area contributed by atoms with Crippen molar-refractivity contribution in [3.05, 3.63) is 17.0 Å². The summed E-state index contributed by atoms with van der Waals surface area (Å²) in [5.41, 5.74) is 0.610. The van der Waals surface area contributed by atoms with Gasteiger partial charge in [-0.15, -0.1) is 11.3 Å². The third-order valence-corrected chi connectivity index (χ3v) is 7.29. The second kappa shape index (κ2) is 6.34. The van der Waals surface area contributed by atoms with Gasteiger partial charge >= 0.3 is 0 Å². The molecule has 21 heavy (non-hydrogen) atoms. The number of hydrogen-bond donors (Lipinski definition) is 1. The van der Waals surface area contributed by atoms with Crippen molar-refractivity contribution < 1.29 is 13.5 Å². The first kappa shape index (κ1) is 16.9. The third kappa shape index (κ3) is 3.65. The molecule has 0 saturated carbocycles. The molecule has 2 heterocycles. The maximum Gasteiger partial charge on any atom is 0.252 e. The van der Waals surface area contributed by atoms with Gasteiger partial charge in [-0.1, -0.05) is 0 Å². The Labute approximate surface area is 131 Å². The topological polar surface area (TPSA) is 60.9 Å². The smallest absolute Gasteiger partial charge is 0.252 e. The largest absolute Gasteiger partial charge is 0.396 e. The summed E-state index contributed by atoms with van der Waals surface area (Å²) >= 11 is 1.27. The van der Waals surface area contributed by atoms with Gasteiger partial charge in [0.15, 0.2) is 0 Å². The van der Waals surface area contributed by atoms with Crippen molar-refractivity contribution in [1.82, 2.24) is 9.21 Å². The maximum atomic E-state index is 12.7. The zero-order valence-corrected chi connectivity index (χ0v) is 14.5. The minimum absolute atomic E-state index is 0.0146. The van der Waals surface area contributed by atoms with E-state index in [0.717, 1.165) is 18.4 Å². The number of aliphatic hydroxyl groups is 1. The molecule has 0 aromatic carbocycles. The first-order valence-electron chi connectivity index (χ1n) is 7.10. The van der Waals surface area contributed by atoms with Gasteiger partial charge < -0.3 is 10.0 Å². The highest BCUT2D eigenvalue weighted by Crippen LogP contribution is 2.34. The van der Waals surface area contributed by atoms with Crippen LogP contribution >= 0.6 is 11.3 Å². The molecule has 7 heteroatoms. The minimum atomic E-state index is -3.44. The fourth-order valence-corrected chi connectivity index (χ4v) is 5.99. The van der Waals surface area contributed by atoms with Gasteiger partial charge in [0, 0.05) is 25.0 Å². The van der Waals surface area contributed by atoms with Crippen LogP contribution in [0, 0.1) is 12.3 Å². The van der Waals surface area contributed by atoms with E-state index in [9.17, 15) is 13.5 Å². The van der Waals surface area contributed by atoms with E-state index in [4.69, 9.17) is 0 Å². The normalized spacial score (nSPS) is 24.6. The molecule has 1 saturated heterocycles. The van der Waals surface area contributed by atoms with Crippen LogP contribution in [0.4, 0.5) is 0 Å². The molecule has 1 fully saturated rings. The Kier molecular flexibility index (Phi) is 5.10. The molecule has 1 aliphatic rings. The van der Waals surface area contributed by atoms with Crippen LogP contribution in [0.5, 0.6) is 0 Å². The Morgan fingerprint density at radius 2 is 2.19 bits per heavy atom. The van der Waals surface area contributed by atoms with Crippen LogP contribution in [0.1, 0.15) is 18.4 Å². The van der Waals surface area contributed by atoms with Gasteiger partial charge in [-0.2, -0.15) is 4.31 Å². The van der Waals surface area contributed by atoms with Gasteiger partial charge in [-0.05, 0) is 50.9 Å². The van der Waals surface area contributed by atoms with Crippen molar-refractivity contribution >= 4 is 21.4 Å². The van der Waals surface area contributed by atoms with Crippen molar-refractivity contribution in [3.63, 3.8) is 0 Å². The molecule has 1 aliphatic heterocycles. The first-order chi connectivity index (χ1) is 9.79. The van der Waals surface area contributed by atoms with E-state index in [1.54, 1.807) is 10.4 Å². The van der Waals surface area contributed by atoms with Gasteiger partial charge in [0.25, 0.3) is 10.0 Å². The number of rotatable bonds is 5. The molecule has 1 N–H and O–H groups in total. The number of thiophene rings is 1. The van der Waals surface area contributed by atoms with Crippen LogP contribution in [-0.4, -0.2) is 63.1 Å². The lowest BCUT2D eigenvalue weighted by molar-refractivity contribution is 0.0410. The molecule has 0 radical (unpaired) electrons. The van der Waals surface area contributed by atoms with Crippen LogP contribution in [0.15, 0.2) is 15.7 Å². The van der Waals surface area contributed by atoms with Crippen LogP contribution in [0.2, 0.25) is 0 Å². The Balaban J connectivity index is 2.24. The molecule has 0 bridgehead atoms. The van der Waals surface area contributed by atoms with Crippen molar-refractivity contribution in [3.8, 4) is 0 Å². The third-order valence-electron chi connectivity index (χ3n) is 3.91. The summed E-state index contributed by atoms with van der Waals surface area (Å²) in [4.78, 5) is 2.02. The Bertz CT molecular complexity index is 583. The summed E-state index contributed by atoms with van der Waals surface area (Å²) < 4.78 is 27.4. The molecular weight excluding hydrogens is 308 g/mol. The quantitative estimate of drug-likeness (QED) is 0.885. The predicted octanol–water partition coefficient (Wildman–Crippen LogP) is 1.38. The van der Waals surface area contributed by atoms with Crippen molar-refractivity contribution in [1.29, 1.82) is 0 Å². The Morgan fingerprint density at radius 3 is 2.71 bits per heavy atom. The van der Waals surface area contributed by atoms with E-state index in [2.05, 4.69) is 0 Å². The summed E-state index contributed by atoms with van der Waals surface area (Å²) in [6, 6.07) is 1.72. The molecule has 2 rings (SSSR count). The van der Waals surface area contributed by atoms with Gasteiger partial charge in [-0.3, -0.25) is 0 Å². The molecular formula is C14H24N2O3S2. The summed E-state index contributed by atoms with van der Waals surface area (Å²) in [6.45, 7) is 3.53. The van der Waals surface area contributed by atoms with E-state index in [1.807, 2.05) is 31.3 Å². The average Bonchev–Trinajstić information content (AvgIpc) is 2.85. The lowest BCUT2D eigenvalue weighted by atomic mass is 9.81. The van der Waals surface area contributed by atoms with Crippen LogP contribution in [0.25, 0.3) is 0 Å². The van der Waals surface area contributed by atoms with Crippen LogP contribution in [0.3, 0.4) is 0 Å². The monoisotopic (exact) mass is 332 g/mol. The van der Waals surface area contributed by atoms with E-state index in [1.165, 1.54) is 11.3 Å². The molecule has 0 aliphatic carbocycles. The van der Waals surface area contributed by atoms with Gasteiger partial charge in [0.2, 0.25) is 0 Å². The van der Waals surface area contributed by atoms with Crippen LogP contribution in [-0.2, 0) is 10.0 Å². The zero-order chi connectivity index (χ0) is 15.7. The van der Waals surface area contributed by atoms with Crippen LogP contribution < -0.4 is 0 Å². The van der Waals surface area contributed by atoms with E-state index in [-0.39, 0.29) is 12.0 Å². The number of piperidine rings is 1. The number of aliphatic hydroxyl groups excluding tert-OH is 1. The zero-order valence-electron chi connectivity index (χ0n) is 12.9. The van der Waals surface area contributed by atoms with Crippen molar-refractivity contribution in [2.24, 2.45) is 5.41 Å². The molecule has 0 amide bonds. The highest BCUT2D eigenvalue weighted by Gasteiger charge is 2.40. The molecule has 120 valence electrons. The highest BCUT2D eigenvalue weighted by atomic mass is 32.2. The maximum absolute atomic E-state index is 12.7. The average molecular weight is 332 g/mol. The summed E-state index contributed by atoms with van der Waals surface area (Å²) in [7, 11) is 0.468. The molecule has 1 aromatic heterocycles. The standard InChI is InChI=1S/C14H24N2O3S2/c1-12-7-13(20-8-12)21(18,19)16-6-4-5-14(10-16,11-17)9-15(2)3/h7-8,17H,4-6,9-11H2,1-3H3. The van der Waals surface area contributed by atoms with Crippen molar-refractivity contribution in [2.75, 3.05) is 40.3 Å². The van der Waals surface area contributed by atoms with E-state index < -0.39 is 10.0 Å². The predicted molar refractivity (Wildman–Crippen MR) is 85.1 cm³/mol. The summed E-state index contributed by atoms with van der Waals surface area (Å²) in [5, 5.41) is 11.7. The van der Waals surface area contributed by atoms with Gasteiger partial charge in [0.1, 0.15) is 4.21 Å². The van der Waals surface area contributed by atoms with E-state index in [0.29, 0.717) is 23.8 Å². The number of hydrogen-bond acceptors (Lipinski definition) is 5. The summed E-state index contributed by atoms with van der Waals surface area (Å²) in [6.07, 6.45) is 1.65. The van der Waals surface area contributed by atoms with Gasteiger partial charge in [-0.25, -0.2) is 8.42 Å². The Hall–Kier alpha value is -0.470. The molecule has 1 unspecified atom stereocenters. The summed E-state index contributed by atoms with van der Waals surface area (Å²) in [5.74, 6) is 0. The lowest BCUT2D eigenvalue weighted by Gasteiger charge is -2.42. The number of aryl methyl sites for hydroxylation is 1. The number of nitrogens with zero attached hydrogens (tertiary/aromatic N) is 2. The first-order valence-corrected chi connectivity index (χ1v) is 9.42. The lowest BCUT2D eigenvalue weighted by Crippen LogP contribution is -2.51. The fourth-order valence-electron chi connectivity index (χ4n) is 3.01. The van der Waals surface area contributed by atoms with E-state index >= 15 is 0 Å². The van der Waals surface area contributed by atoms with Gasteiger partial charge in [0.05, 0.1) is 6.61 Å². The number of sulfonamides is 1.